The van der Waals surface area contributed by atoms with Gasteiger partial charge in [-0.3, -0.25) is 0 Å². The van der Waals surface area contributed by atoms with Crippen molar-refractivity contribution in [1.82, 2.24) is 0 Å². The van der Waals surface area contributed by atoms with Crippen LogP contribution in [0.15, 0.2) is 48.5 Å². The Hall–Kier alpha value is -2.62. The van der Waals surface area contributed by atoms with Crippen LogP contribution in [0.1, 0.15) is 61.9 Å². The SMILES string of the molecule is Cc1ccc2c(c1)C1(OCCCO1)c1cc3c(cc1-2)C(C)(C)C(C)(C)c1cc(N)ccc1-3. The smallest absolute Gasteiger partial charge is 0.223 e. The summed E-state index contributed by atoms with van der Waals surface area (Å²) in [5.41, 5.74) is 18.1. The Morgan fingerprint density at radius 1 is 0.656 bits per heavy atom. The number of fused-ring (bicyclic) bond motifs is 8. The van der Waals surface area contributed by atoms with Crippen LogP contribution < -0.4 is 5.73 Å². The van der Waals surface area contributed by atoms with Gasteiger partial charge in [0.2, 0.25) is 5.79 Å². The molecule has 1 heterocycles. The molecule has 0 amide bonds. The van der Waals surface area contributed by atoms with E-state index in [4.69, 9.17) is 15.2 Å². The highest BCUT2D eigenvalue weighted by atomic mass is 16.7. The van der Waals surface area contributed by atoms with Crippen molar-refractivity contribution in [3.05, 3.63) is 76.3 Å². The molecule has 3 aliphatic rings. The van der Waals surface area contributed by atoms with E-state index in [-0.39, 0.29) is 10.8 Å². The molecule has 0 unspecified atom stereocenters. The summed E-state index contributed by atoms with van der Waals surface area (Å²) in [6.45, 7) is 12.9. The molecule has 164 valence electrons. The zero-order chi connectivity index (χ0) is 22.5. The fourth-order valence-electron chi connectivity index (χ4n) is 5.98. The molecule has 2 aliphatic carbocycles. The third-order valence-corrected chi connectivity index (χ3v) is 8.47. The molecular formula is C29H31NO2. The van der Waals surface area contributed by atoms with Crippen molar-refractivity contribution < 1.29 is 9.47 Å². The highest BCUT2D eigenvalue weighted by Gasteiger charge is 2.51. The van der Waals surface area contributed by atoms with Crippen molar-refractivity contribution in [3.63, 3.8) is 0 Å². The summed E-state index contributed by atoms with van der Waals surface area (Å²) in [7, 11) is 0. The predicted octanol–water partition coefficient (Wildman–Crippen LogP) is 6.43. The van der Waals surface area contributed by atoms with Gasteiger partial charge < -0.3 is 15.2 Å². The Kier molecular flexibility index (Phi) is 3.91. The Bertz CT molecular complexity index is 1280. The number of hydrogen-bond acceptors (Lipinski definition) is 3. The van der Waals surface area contributed by atoms with Gasteiger partial charge in [-0.1, -0.05) is 51.5 Å². The van der Waals surface area contributed by atoms with Gasteiger partial charge in [-0.05, 0) is 87.9 Å². The zero-order valence-electron chi connectivity index (χ0n) is 19.6. The van der Waals surface area contributed by atoms with E-state index < -0.39 is 5.79 Å². The van der Waals surface area contributed by atoms with Crippen molar-refractivity contribution in [2.75, 3.05) is 18.9 Å². The van der Waals surface area contributed by atoms with Crippen molar-refractivity contribution in [1.29, 1.82) is 0 Å². The number of rotatable bonds is 0. The lowest BCUT2D eigenvalue weighted by Crippen LogP contribution is -2.44. The quantitative estimate of drug-likeness (QED) is 0.422. The molecule has 1 fully saturated rings. The lowest BCUT2D eigenvalue weighted by atomic mass is 9.55. The first-order valence-corrected chi connectivity index (χ1v) is 11.7. The van der Waals surface area contributed by atoms with Crippen molar-refractivity contribution in [3.8, 4) is 22.3 Å². The molecule has 1 aliphatic heterocycles. The lowest BCUT2D eigenvalue weighted by Gasteiger charge is -2.49. The van der Waals surface area contributed by atoms with E-state index >= 15 is 0 Å². The number of ether oxygens (including phenoxy) is 2. The maximum absolute atomic E-state index is 6.48. The van der Waals surface area contributed by atoms with Gasteiger partial charge in [0.25, 0.3) is 0 Å². The van der Waals surface area contributed by atoms with Gasteiger partial charge in [0.1, 0.15) is 0 Å². The van der Waals surface area contributed by atoms with E-state index in [1.807, 2.05) is 6.07 Å². The molecule has 3 aromatic carbocycles. The van der Waals surface area contributed by atoms with Crippen LogP contribution in [0.5, 0.6) is 0 Å². The Morgan fingerprint density at radius 3 is 1.91 bits per heavy atom. The van der Waals surface area contributed by atoms with E-state index in [0.717, 1.165) is 23.2 Å². The van der Waals surface area contributed by atoms with E-state index in [1.165, 1.54) is 38.9 Å². The average molecular weight is 426 g/mol. The summed E-state index contributed by atoms with van der Waals surface area (Å²) in [5, 5.41) is 0. The first-order valence-electron chi connectivity index (χ1n) is 11.7. The maximum atomic E-state index is 6.48. The molecule has 32 heavy (non-hydrogen) atoms. The second kappa shape index (κ2) is 6.24. The minimum absolute atomic E-state index is 0.0663. The molecule has 3 aromatic rings. The lowest BCUT2D eigenvalue weighted by molar-refractivity contribution is -0.246. The van der Waals surface area contributed by atoms with Gasteiger partial charge in [0.15, 0.2) is 0 Å². The second-order valence-electron chi connectivity index (χ2n) is 10.7. The molecule has 3 nitrogen and oxygen atoms in total. The molecule has 1 spiro atoms. The predicted molar refractivity (Wildman–Crippen MR) is 130 cm³/mol. The first kappa shape index (κ1) is 20.0. The summed E-state index contributed by atoms with van der Waals surface area (Å²) in [4.78, 5) is 0. The maximum Gasteiger partial charge on any atom is 0.223 e. The van der Waals surface area contributed by atoms with Gasteiger partial charge in [0.05, 0.1) is 13.2 Å². The fraction of sp³-hybridized carbons (Fsp3) is 0.379. The third kappa shape index (κ3) is 2.33. The van der Waals surface area contributed by atoms with Crippen LogP contribution in [-0.2, 0) is 26.1 Å². The molecule has 2 N–H and O–H groups in total. The van der Waals surface area contributed by atoms with Gasteiger partial charge >= 0.3 is 0 Å². The zero-order valence-corrected chi connectivity index (χ0v) is 19.6. The number of hydrogen-bond donors (Lipinski definition) is 1. The van der Waals surface area contributed by atoms with Gasteiger partial charge in [-0.2, -0.15) is 0 Å². The largest absolute Gasteiger partial charge is 0.399 e. The number of anilines is 1. The van der Waals surface area contributed by atoms with Crippen LogP contribution in [-0.4, -0.2) is 13.2 Å². The van der Waals surface area contributed by atoms with Crippen molar-refractivity contribution in [2.24, 2.45) is 0 Å². The van der Waals surface area contributed by atoms with Crippen LogP contribution >= 0.6 is 0 Å². The molecule has 0 saturated carbocycles. The standard InChI is InChI=1S/C29H31NO2/c1-17-7-9-20-22-15-24-21(16-26(22)29(25(20)13-17)31-11-6-12-32-29)19-10-8-18(30)14-23(19)27(2,3)28(24,4)5/h7-10,13-16H,6,11-12,30H2,1-5H3. The molecule has 0 radical (unpaired) electrons. The van der Waals surface area contributed by atoms with Gasteiger partial charge in [0, 0.05) is 16.8 Å². The summed E-state index contributed by atoms with van der Waals surface area (Å²) in [6.07, 6.45) is 0.923. The molecule has 0 aromatic heterocycles. The van der Waals surface area contributed by atoms with Crippen LogP contribution in [0.4, 0.5) is 5.69 Å². The Balaban J connectivity index is 1.70. The Labute approximate surface area is 190 Å². The van der Waals surface area contributed by atoms with Gasteiger partial charge in [-0.15, -0.1) is 0 Å². The normalized spacial score (nSPS) is 20.9. The summed E-state index contributed by atoms with van der Waals surface area (Å²) < 4.78 is 13.0. The van der Waals surface area contributed by atoms with E-state index in [0.29, 0.717) is 13.2 Å². The fourth-order valence-corrected chi connectivity index (χ4v) is 5.98. The highest BCUT2D eigenvalue weighted by molar-refractivity contribution is 5.88. The molecule has 1 saturated heterocycles. The Morgan fingerprint density at radius 2 is 1.19 bits per heavy atom. The first-order chi connectivity index (χ1) is 15.2. The number of benzene rings is 3. The minimum Gasteiger partial charge on any atom is -0.399 e. The topological polar surface area (TPSA) is 44.5 Å². The van der Waals surface area contributed by atoms with Crippen LogP contribution in [0.3, 0.4) is 0 Å². The molecule has 0 bridgehead atoms. The van der Waals surface area contributed by atoms with Crippen molar-refractivity contribution in [2.45, 2.75) is 57.7 Å². The van der Waals surface area contributed by atoms with Crippen LogP contribution in [0.25, 0.3) is 22.3 Å². The number of nitrogens with two attached hydrogens (primary N) is 1. The number of nitrogen functional groups attached to an aromatic ring is 1. The summed E-state index contributed by atoms with van der Waals surface area (Å²) in [5.74, 6) is -0.810. The molecule has 3 heteroatoms. The summed E-state index contributed by atoms with van der Waals surface area (Å²) in [6, 6.07) is 17.8. The van der Waals surface area contributed by atoms with Crippen molar-refractivity contribution >= 4 is 5.69 Å². The molecule has 0 atom stereocenters. The van der Waals surface area contributed by atoms with Gasteiger partial charge in [-0.25, -0.2) is 0 Å². The monoisotopic (exact) mass is 425 g/mol. The number of aryl methyl sites for hydroxylation is 1. The summed E-state index contributed by atoms with van der Waals surface area (Å²) >= 11 is 0. The third-order valence-electron chi connectivity index (χ3n) is 8.47. The molecule has 6 rings (SSSR count). The van der Waals surface area contributed by atoms with E-state index in [9.17, 15) is 0 Å². The molecular weight excluding hydrogens is 394 g/mol. The van der Waals surface area contributed by atoms with E-state index in [2.05, 4.69) is 77.1 Å². The minimum atomic E-state index is -0.810. The van der Waals surface area contributed by atoms with E-state index in [1.54, 1.807) is 0 Å². The van der Waals surface area contributed by atoms with Crippen LogP contribution in [0.2, 0.25) is 0 Å². The van der Waals surface area contributed by atoms with Crippen LogP contribution in [0, 0.1) is 6.92 Å². The average Bonchev–Trinajstić information content (AvgIpc) is 3.01. The second-order valence-corrected chi connectivity index (χ2v) is 10.7. The highest BCUT2D eigenvalue weighted by Crippen LogP contribution is 2.59.